The highest BCUT2D eigenvalue weighted by Gasteiger charge is 2.30. The smallest absolute Gasteiger partial charge is 0.248 e. The van der Waals surface area contributed by atoms with E-state index in [0.29, 0.717) is 5.92 Å². The summed E-state index contributed by atoms with van der Waals surface area (Å²) >= 11 is 0. The zero-order valence-corrected chi connectivity index (χ0v) is 15.9. The van der Waals surface area contributed by atoms with Crippen LogP contribution in [0.4, 0.5) is 5.69 Å². The standard InChI is InChI=1S/C22H29N3O2/c1-22(23,19-7-3-2-4-8-19)21(27)24-20-9-5-6-18(14-20)15-25-12-10-17(16-26)11-13-25/h2-9,14,17,26H,10-13,15-16,23H2,1H3,(H,24,27). The lowest BCUT2D eigenvalue weighted by Gasteiger charge is -2.31. The Kier molecular flexibility index (Phi) is 6.26. The molecule has 27 heavy (non-hydrogen) atoms. The minimum atomic E-state index is -1.09. The largest absolute Gasteiger partial charge is 0.396 e. The van der Waals surface area contributed by atoms with Gasteiger partial charge in [0.15, 0.2) is 0 Å². The molecule has 0 spiro atoms. The van der Waals surface area contributed by atoms with Crippen LogP contribution in [-0.4, -0.2) is 35.6 Å². The van der Waals surface area contributed by atoms with Gasteiger partial charge < -0.3 is 16.2 Å². The molecule has 0 saturated carbocycles. The average Bonchev–Trinajstić information content (AvgIpc) is 2.69. The number of carbonyl (C=O) groups is 1. The van der Waals surface area contributed by atoms with Gasteiger partial charge >= 0.3 is 0 Å². The first-order valence-electron chi connectivity index (χ1n) is 9.57. The number of anilines is 1. The molecule has 1 unspecified atom stereocenters. The van der Waals surface area contributed by atoms with Gasteiger partial charge in [0, 0.05) is 18.8 Å². The maximum absolute atomic E-state index is 12.7. The topological polar surface area (TPSA) is 78.6 Å². The molecule has 144 valence electrons. The summed E-state index contributed by atoms with van der Waals surface area (Å²) in [4.78, 5) is 15.1. The lowest BCUT2D eigenvalue weighted by Crippen LogP contribution is -2.45. The SMILES string of the molecule is CC(N)(C(=O)Nc1cccc(CN2CCC(CO)CC2)c1)c1ccccc1. The van der Waals surface area contributed by atoms with Crippen molar-refractivity contribution in [2.45, 2.75) is 31.8 Å². The maximum Gasteiger partial charge on any atom is 0.248 e. The molecule has 1 atom stereocenters. The highest BCUT2D eigenvalue weighted by molar-refractivity contribution is 5.98. The van der Waals surface area contributed by atoms with E-state index < -0.39 is 5.54 Å². The number of amides is 1. The van der Waals surface area contributed by atoms with Gasteiger partial charge in [0.05, 0.1) is 0 Å². The van der Waals surface area contributed by atoms with Crippen LogP contribution in [0.2, 0.25) is 0 Å². The first kappa shape index (κ1) is 19.5. The van der Waals surface area contributed by atoms with Crippen LogP contribution in [0.1, 0.15) is 30.9 Å². The first-order valence-corrected chi connectivity index (χ1v) is 9.57. The van der Waals surface area contributed by atoms with Gasteiger partial charge in [0.1, 0.15) is 5.54 Å². The van der Waals surface area contributed by atoms with E-state index in [2.05, 4.69) is 16.3 Å². The first-order chi connectivity index (χ1) is 13.0. The Morgan fingerprint density at radius 2 is 1.89 bits per heavy atom. The predicted octanol–water partition coefficient (Wildman–Crippen LogP) is 2.70. The molecule has 0 aliphatic carbocycles. The van der Waals surface area contributed by atoms with E-state index in [1.807, 2.05) is 48.5 Å². The summed E-state index contributed by atoms with van der Waals surface area (Å²) in [5.41, 5.74) is 7.91. The van der Waals surface area contributed by atoms with Crippen molar-refractivity contribution in [1.82, 2.24) is 4.90 Å². The zero-order valence-electron chi connectivity index (χ0n) is 15.9. The molecule has 0 aromatic heterocycles. The summed E-state index contributed by atoms with van der Waals surface area (Å²) in [6.45, 7) is 4.86. The van der Waals surface area contributed by atoms with Gasteiger partial charge in [-0.2, -0.15) is 0 Å². The quantitative estimate of drug-likeness (QED) is 0.733. The second kappa shape index (κ2) is 8.65. The number of aliphatic hydroxyl groups excluding tert-OH is 1. The second-order valence-corrected chi connectivity index (χ2v) is 7.62. The van der Waals surface area contributed by atoms with Crippen molar-refractivity contribution in [2.24, 2.45) is 11.7 Å². The highest BCUT2D eigenvalue weighted by Crippen LogP contribution is 2.22. The second-order valence-electron chi connectivity index (χ2n) is 7.62. The fourth-order valence-electron chi connectivity index (χ4n) is 3.51. The third kappa shape index (κ3) is 4.95. The number of rotatable bonds is 6. The Labute approximate surface area is 161 Å². The summed E-state index contributed by atoms with van der Waals surface area (Å²) in [5, 5.41) is 12.2. The van der Waals surface area contributed by atoms with E-state index in [1.54, 1.807) is 6.92 Å². The molecule has 1 aliphatic rings. The molecule has 0 bridgehead atoms. The Morgan fingerprint density at radius 3 is 2.56 bits per heavy atom. The van der Waals surface area contributed by atoms with Crippen molar-refractivity contribution < 1.29 is 9.90 Å². The monoisotopic (exact) mass is 367 g/mol. The number of piperidine rings is 1. The molecule has 2 aromatic carbocycles. The molecular formula is C22H29N3O2. The normalized spacial score (nSPS) is 18.0. The highest BCUT2D eigenvalue weighted by atomic mass is 16.3. The molecule has 1 aliphatic heterocycles. The van der Waals surface area contributed by atoms with E-state index in [9.17, 15) is 9.90 Å². The number of nitrogens with two attached hydrogens (primary N) is 1. The van der Waals surface area contributed by atoms with E-state index >= 15 is 0 Å². The number of likely N-dealkylation sites (tertiary alicyclic amines) is 1. The molecule has 1 amide bonds. The van der Waals surface area contributed by atoms with Gasteiger partial charge in [-0.15, -0.1) is 0 Å². The predicted molar refractivity (Wildman–Crippen MR) is 108 cm³/mol. The van der Waals surface area contributed by atoms with Crippen LogP contribution in [0.15, 0.2) is 54.6 Å². The summed E-state index contributed by atoms with van der Waals surface area (Å²) in [5.74, 6) is 0.210. The van der Waals surface area contributed by atoms with Crippen LogP contribution in [0.3, 0.4) is 0 Å². The summed E-state index contributed by atoms with van der Waals surface area (Å²) in [6, 6.07) is 17.3. The number of hydrogen-bond donors (Lipinski definition) is 3. The van der Waals surface area contributed by atoms with E-state index in [0.717, 1.165) is 49.3 Å². The lowest BCUT2D eigenvalue weighted by molar-refractivity contribution is -0.120. The van der Waals surface area contributed by atoms with Crippen LogP contribution >= 0.6 is 0 Å². The van der Waals surface area contributed by atoms with Crippen molar-refractivity contribution in [3.05, 3.63) is 65.7 Å². The molecule has 1 saturated heterocycles. The van der Waals surface area contributed by atoms with Crippen LogP contribution in [0.5, 0.6) is 0 Å². The number of carbonyl (C=O) groups excluding carboxylic acids is 1. The van der Waals surface area contributed by atoms with Gasteiger partial charge in [-0.05, 0) is 62.0 Å². The van der Waals surface area contributed by atoms with E-state index in [1.165, 1.54) is 0 Å². The fourth-order valence-corrected chi connectivity index (χ4v) is 3.51. The lowest BCUT2D eigenvalue weighted by atomic mass is 9.92. The molecule has 2 aromatic rings. The number of hydrogen-bond acceptors (Lipinski definition) is 4. The molecular weight excluding hydrogens is 338 g/mol. The van der Waals surface area contributed by atoms with Crippen molar-refractivity contribution in [1.29, 1.82) is 0 Å². The Morgan fingerprint density at radius 1 is 1.19 bits per heavy atom. The minimum Gasteiger partial charge on any atom is -0.396 e. The van der Waals surface area contributed by atoms with Crippen molar-refractivity contribution in [3.8, 4) is 0 Å². The Hall–Kier alpha value is -2.21. The number of benzene rings is 2. The Balaban J connectivity index is 1.63. The summed E-state index contributed by atoms with van der Waals surface area (Å²) in [7, 11) is 0. The van der Waals surface area contributed by atoms with Crippen molar-refractivity contribution >= 4 is 11.6 Å². The van der Waals surface area contributed by atoms with Gasteiger partial charge in [-0.25, -0.2) is 0 Å². The molecule has 3 rings (SSSR count). The molecule has 1 heterocycles. The van der Waals surface area contributed by atoms with Crippen LogP contribution in [0.25, 0.3) is 0 Å². The van der Waals surface area contributed by atoms with Crippen molar-refractivity contribution in [2.75, 3.05) is 25.0 Å². The average molecular weight is 367 g/mol. The number of aliphatic hydroxyl groups is 1. The molecule has 5 nitrogen and oxygen atoms in total. The van der Waals surface area contributed by atoms with Gasteiger partial charge in [0.25, 0.3) is 0 Å². The maximum atomic E-state index is 12.7. The molecule has 4 N–H and O–H groups in total. The molecule has 0 radical (unpaired) electrons. The Bertz CT molecular complexity index is 753. The zero-order chi connectivity index (χ0) is 19.3. The van der Waals surface area contributed by atoms with Crippen LogP contribution < -0.4 is 11.1 Å². The summed E-state index contributed by atoms with van der Waals surface area (Å²) in [6.07, 6.45) is 2.07. The van der Waals surface area contributed by atoms with E-state index in [-0.39, 0.29) is 12.5 Å². The number of nitrogens with zero attached hydrogens (tertiary/aromatic N) is 1. The number of nitrogens with one attached hydrogen (secondary N) is 1. The third-order valence-corrected chi connectivity index (χ3v) is 5.40. The van der Waals surface area contributed by atoms with Gasteiger partial charge in [0.2, 0.25) is 5.91 Å². The molecule has 1 fully saturated rings. The third-order valence-electron chi connectivity index (χ3n) is 5.40. The van der Waals surface area contributed by atoms with Gasteiger partial charge in [-0.3, -0.25) is 9.69 Å². The van der Waals surface area contributed by atoms with Crippen molar-refractivity contribution in [3.63, 3.8) is 0 Å². The van der Waals surface area contributed by atoms with Gasteiger partial charge in [-0.1, -0.05) is 42.5 Å². The minimum absolute atomic E-state index is 0.227. The summed E-state index contributed by atoms with van der Waals surface area (Å²) < 4.78 is 0. The molecule has 5 heteroatoms. The fraction of sp³-hybridized carbons (Fsp3) is 0.409. The van der Waals surface area contributed by atoms with E-state index in [4.69, 9.17) is 5.73 Å². The van der Waals surface area contributed by atoms with Crippen LogP contribution in [0, 0.1) is 5.92 Å². The van der Waals surface area contributed by atoms with Crippen LogP contribution in [-0.2, 0) is 16.9 Å².